The van der Waals surface area contributed by atoms with Gasteiger partial charge in [-0.3, -0.25) is 4.68 Å². The minimum absolute atomic E-state index is 0.149. The molecule has 0 radical (unpaired) electrons. The number of rotatable bonds is 7. The number of hydrogen-bond donors (Lipinski definition) is 2. The summed E-state index contributed by atoms with van der Waals surface area (Å²) in [5.74, 6) is 0.988. The molecule has 1 aliphatic rings. The molecule has 0 bridgehead atoms. The second-order valence-corrected chi connectivity index (χ2v) is 5.00. The summed E-state index contributed by atoms with van der Waals surface area (Å²) >= 11 is 0. The number of aliphatic hydroxyl groups is 1. The van der Waals surface area contributed by atoms with Gasteiger partial charge in [-0.15, -0.1) is 0 Å². The molecule has 1 fully saturated rings. The molecule has 0 amide bonds. The minimum Gasteiger partial charge on any atom is -0.394 e. The fraction of sp³-hybridized carbons (Fsp3) is 0.769. The van der Waals surface area contributed by atoms with Gasteiger partial charge in [0.2, 0.25) is 0 Å². The molecule has 2 rings (SSSR count). The van der Waals surface area contributed by atoms with Gasteiger partial charge in [0.05, 0.1) is 18.8 Å². The van der Waals surface area contributed by atoms with E-state index in [-0.39, 0.29) is 6.61 Å². The predicted octanol–water partition coefficient (Wildman–Crippen LogP) is 1.38. The van der Waals surface area contributed by atoms with Crippen LogP contribution in [-0.2, 0) is 13.1 Å². The van der Waals surface area contributed by atoms with Crippen molar-refractivity contribution in [1.29, 1.82) is 0 Å². The number of nitrogens with zero attached hydrogens (tertiary/aromatic N) is 2. The van der Waals surface area contributed by atoms with E-state index in [4.69, 9.17) is 5.11 Å². The Morgan fingerprint density at radius 2 is 2.18 bits per heavy atom. The molecule has 4 heteroatoms. The Balaban J connectivity index is 1.85. The Hall–Kier alpha value is -0.870. The molecule has 1 aromatic heterocycles. The van der Waals surface area contributed by atoms with Crippen LogP contribution >= 0.6 is 0 Å². The molecule has 96 valence electrons. The van der Waals surface area contributed by atoms with Crippen LogP contribution < -0.4 is 5.32 Å². The monoisotopic (exact) mass is 237 g/mol. The Morgan fingerprint density at radius 3 is 2.82 bits per heavy atom. The van der Waals surface area contributed by atoms with Crippen LogP contribution in [0.3, 0.4) is 0 Å². The standard InChI is InChI=1S/C13H23N3O/c1-10-13(9-14-6-5-12-3-4-12)11(2)16(15-10)7-8-17/h12,14,17H,3-9H2,1-2H3. The van der Waals surface area contributed by atoms with Crippen molar-refractivity contribution >= 4 is 0 Å². The van der Waals surface area contributed by atoms with E-state index in [1.807, 2.05) is 11.6 Å². The van der Waals surface area contributed by atoms with E-state index in [9.17, 15) is 0 Å². The van der Waals surface area contributed by atoms with Crippen molar-refractivity contribution in [2.45, 2.75) is 46.2 Å². The summed E-state index contributed by atoms with van der Waals surface area (Å²) in [4.78, 5) is 0. The first-order chi connectivity index (χ1) is 8.22. The van der Waals surface area contributed by atoms with Crippen molar-refractivity contribution in [2.75, 3.05) is 13.2 Å². The maximum atomic E-state index is 8.95. The van der Waals surface area contributed by atoms with Gasteiger partial charge < -0.3 is 10.4 Å². The van der Waals surface area contributed by atoms with Gasteiger partial charge >= 0.3 is 0 Å². The Kier molecular flexibility index (Phi) is 4.18. The lowest BCUT2D eigenvalue weighted by atomic mass is 10.2. The molecular weight excluding hydrogens is 214 g/mol. The molecule has 1 aromatic rings. The second-order valence-electron chi connectivity index (χ2n) is 5.00. The third-order valence-electron chi connectivity index (χ3n) is 3.57. The van der Waals surface area contributed by atoms with E-state index in [1.165, 1.54) is 30.5 Å². The highest BCUT2D eigenvalue weighted by molar-refractivity contribution is 5.24. The Bertz CT molecular complexity index is 369. The third kappa shape index (κ3) is 3.30. The van der Waals surface area contributed by atoms with Crippen LogP contribution in [0.4, 0.5) is 0 Å². The van der Waals surface area contributed by atoms with Gasteiger partial charge in [-0.2, -0.15) is 5.10 Å². The molecule has 0 saturated heterocycles. The van der Waals surface area contributed by atoms with Gasteiger partial charge in [0.15, 0.2) is 0 Å². The lowest BCUT2D eigenvalue weighted by Gasteiger charge is -2.05. The smallest absolute Gasteiger partial charge is 0.0644 e. The first-order valence-electron chi connectivity index (χ1n) is 6.57. The Labute approximate surface area is 103 Å². The second kappa shape index (κ2) is 5.65. The summed E-state index contributed by atoms with van der Waals surface area (Å²) in [6.45, 7) is 6.86. The van der Waals surface area contributed by atoms with Crippen LogP contribution in [0.5, 0.6) is 0 Å². The first-order valence-corrected chi connectivity index (χ1v) is 6.57. The van der Waals surface area contributed by atoms with Crippen molar-refractivity contribution < 1.29 is 5.11 Å². The maximum Gasteiger partial charge on any atom is 0.0644 e. The molecule has 17 heavy (non-hydrogen) atoms. The van der Waals surface area contributed by atoms with Crippen LogP contribution in [0.25, 0.3) is 0 Å². The molecule has 4 nitrogen and oxygen atoms in total. The molecule has 2 N–H and O–H groups in total. The van der Waals surface area contributed by atoms with Crippen molar-refractivity contribution in [3.8, 4) is 0 Å². The molecule has 0 aliphatic heterocycles. The van der Waals surface area contributed by atoms with Gasteiger partial charge in [-0.1, -0.05) is 12.8 Å². The zero-order chi connectivity index (χ0) is 12.3. The molecule has 1 heterocycles. The molecular formula is C13H23N3O. The summed E-state index contributed by atoms with van der Waals surface area (Å²) in [6, 6.07) is 0. The number of nitrogens with one attached hydrogen (secondary N) is 1. The highest BCUT2D eigenvalue weighted by atomic mass is 16.3. The van der Waals surface area contributed by atoms with E-state index in [1.54, 1.807) is 0 Å². The van der Waals surface area contributed by atoms with Crippen molar-refractivity contribution in [3.05, 3.63) is 17.0 Å². The third-order valence-corrected chi connectivity index (χ3v) is 3.57. The predicted molar refractivity (Wildman–Crippen MR) is 67.8 cm³/mol. The van der Waals surface area contributed by atoms with E-state index >= 15 is 0 Å². The van der Waals surface area contributed by atoms with E-state index in [0.717, 1.165) is 24.7 Å². The number of hydrogen-bond acceptors (Lipinski definition) is 3. The van der Waals surface area contributed by atoms with Crippen LogP contribution in [0.15, 0.2) is 0 Å². The highest BCUT2D eigenvalue weighted by Crippen LogP contribution is 2.31. The molecule has 0 spiro atoms. The summed E-state index contributed by atoms with van der Waals surface area (Å²) < 4.78 is 1.90. The molecule has 1 saturated carbocycles. The lowest BCUT2D eigenvalue weighted by Crippen LogP contribution is -2.16. The molecule has 0 atom stereocenters. The fourth-order valence-corrected chi connectivity index (χ4v) is 2.23. The average molecular weight is 237 g/mol. The minimum atomic E-state index is 0.149. The van der Waals surface area contributed by atoms with Crippen molar-refractivity contribution in [1.82, 2.24) is 15.1 Å². The van der Waals surface area contributed by atoms with Crippen LogP contribution in [0.1, 0.15) is 36.2 Å². The summed E-state index contributed by atoms with van der Waals surface area (Å²) in [5.41, 5.74) is 3.54. The summed E-state index contributed by atoms with van der Waals surface area (Å²) in [7, 11) is 0. The zero-order valence-electron chi connectivity index (χ0n) is 10.9. The molecule has 0 aromatic carbocycles. The number of aromatic nitrogens is 2. The van der Waals surface area contributed by atoms with Gasteiger partial charge in [0.25, 0.3) is 0 Å². The average Bonchev–Trinajstić information content (AvgIpc) is 3.07. The van der Waals surface area contributed by atoms with Crippen molar-refractivity contribution in [2.24, 2.45) is 5.92 Å². The summed E-state index contributed by atoms with van der Waals surface area (Å²) in [5, 5.41) is 16.9. The normalized spacial score (nSPS) is 15.5. The van der Waals surface area contributed by atoms with Gasteiger partial charge in [0.1, 0.15) is 0 Å². The summed E-state index contributed by atoms with van der Waals surface area (Å²) in [6.07, 6.45) is 4.16. The van der Waals surface area contributed by atoms with Crippen LogP contribution in [0.2, 0.25) is 0 Å². The van der Waals surface area contributed by atoms with Crippen LogP contribution in [0, 0.1) is 19.8 Å². The largest absolute Gasteiger partial charge is 0.394 e. The number of aryl methyl sites for hydroxylation is 1. The fourth-order valence-electron chi connectivity index (χ4n) is 2.23. The molecule has 0 unspecified atom stereocenters. The van der Waals surface area contributed by atoms with Gasteiger partial charge in [0, 0.05) is 17.8 Å². The molecule has 1 aliphatic carbocycles. The quantitative estimate of drug-likeness (QED) is 0.704. The Morgan fingerprint density at radius 1 is 1.41 bits per heavy atom. The highest BCUT2D eigenvalue weighted by Gasteiger charge is 2.20. The SMILES string of the molecule is Cc1nn(CCO)c(C)c1CNCCC1CC1. The first kappa shape index (κ1) is 12.6. The maximum absolute atomic E-state index is 8.95. The number of aliphatic hydroxyl groups excluding tert-OH is 1. The van der Waals surface area contributed by atoms with Crippen LogP contribution in [-0.4, -0.2) is 28.0 Å². The van der Waals surface area contributed by atoms with E-state index in [2.05, 4.69) is 17.3 Å². The van der Waals surface area contributed by atoms with Crippen molar-refractivity contribution in [3.63, 3.8) is 0 Å². The van der Waals surface area contributed by atoms with Gasteiger partial charge in [-0.25, -0.2) is 0 Å². The van der Waals surface area contributed by atoms with E-state index < -0.39 is 0 Å². The van der Waals surface area contributed by atoms with E-state index in [0.29, 0.717) is 6.54 Å². The zero-order valence-corrected chi connectivity index (χ0v) is 10.9. The topological polar surface area (TPSA) is 50.1 Å². The lowest BCUT2D eigenvalue weighted by molar-refractivity contribution is 0.267. The van der Waals surface area contributed by atoms with Gasteiger partial charge in [-0.05, 0) is 32.7 Å².